The van der Waals surface area contributed by atoms with E-state index in [1.807, 2.05) is 19.3 Å². The molecule has 3 fully saturated rings. The van der Waals surface area contributed by atoms with E-state index in [1.54, 1.807) is 0 Å². The van der Waals surface area contributed by atoms with Gasteiger partial charge < -0.3 is 19.1 Å². The van der Waals surface area contributed by atoms with Crippen LogP contribution in [-0.2, 0) is 14.3 Å². The zero-order valence-electron chi connectivity index (χ0n) is 17.7. The summed E-state index contributed by atoms with van der Waals surface area (Å²) in [6, 6.07) is 2.09. The molecule has 0 radical (unpaired) electrons. The summed E-state index contributed by atoms with van der Waals surface area (Å²) in [6.07, 6.45) is 9.82. The molecular weight excluding hydrogens is 368 g/mol. The van der Waals surface area contributed by atoms with Crippen LogP contribution in [-0.4, -0.2) is 50.0 Å². The molecule has 1 saturated heterocycles. The Morgan fingerprint density at radius 3 is 2.90 bits per heavy atom. The lowest BCUT2D eigenvalue weighted by atomic mass is 9.83. The van der Waals surface area contributed by atoms with Gasteiger partial charge in [0.15, 0.2) is 0 Å². The first kappa shape index (κ1) is 20.5. The van der Waals surface area contributed by atoms with Crippen LogP contribution < -0.4 is 9.64 Å². The molecule has 2 aliphatic carbocycles. The predicted octanol–water partition coefficient (Wildman–Crippen LogP) is 3.69. The number of aromatic nitrogens is 1. The fourth-order valence-electron chi connectivity index (χ4n) is 4.68. The molecule has 0 bridgehead atoms. The molecule has 1 aromatic rings. The van der Waals surface area contributed by atoms with Crippen molar-refractivity contribution in [3.63, 3.8) is 0 Å². The van der Waals surface area contributed by atoms with Gasteiger partial charge in [-0.3, -0.25) is 9.78 Å². The van der Waals surface area contributed by atoms with Gasteiger partial charge in [-0.25, -0.2) is 0 Å². The van der Waals surface area contributed by atoms with Gasteiger partial charge in [-0.1, -0.05) is 19.8 Å². The van der Waals surface area contributed by atoms with Crippen molar-refractivity contribution < 1.29 is 19.0 Å². The normalized spacial score (nSPS) is 31.9. The molecule has 3 aliphatic rings. The average molecular weight is 403 g/mol. The Morgan fingerprint density at radius 1 is 1.28 bits per heavy atom. The molecule has 0 aromatic carbocycles. The molecule has 2 heterocycles. The van der Waals surface area contributed by atoms with Gasteiger partial charge in [0.2, 0.25) is 0 Å². The van der Waals surface area contributed by atoms with Crippen molar-refractivity contribution in [3.05, 3.63) is 18.5 Å². The van der Waals surface area contributed by atoms with Gasteiger partial charge in [0.1, 0.15) is 5.75 Å². The van der Waals surface area contributed by atoms with E-state index in [1.165, 1.54) is 25.7 Å². The maximum atomic E-state index is 12.0. The van der Waals surface area contributed by atoms with E-state index < -0.39 is 0 Å². The minimum Gasteiger partial charge on any atom is -0.492 e. The van der Waals surface area contributed by atoms with E-state index in [2.05, 4.69) is 22.9 Å². The van der Waals surface area contributed by atoms with Crippen LogP contribution in [0.2, 0.25) is 0 Å². The molecule has 4 rings (SSSR count). The highest BCUT2D eigenvalue weighted by Gasteiger charge is 2.50. The van der Waals surface area contributed by atoms with Crippen molar-refractivity contribution in [1.82, 2.24) is 4.98 Å². The maximum absolute atomic E-state index is 12.0. The summed E-state index contributed by atoms with van der Waals surface area (Å²) in [5, 5.41) is 0. The number of morpholine rings is 1. The third kappa shape index (κ3) is 5.21. The number of rotatable bonds is 7. The van der Waals surface area contributed by atoms with Crippen molar-refractivity contribution in [3.8, 4) is 5.75 Å². The molecule has 160 valence electrons. The van der Waals surface area contributed by atoms with E-state index in [0.29, 0.717) is 19.1 Å². The summed E-state index contributed by atoms with van der Waals surface area (Å²) in [5.74, 6) is 2.58. The largest absolute Gasteiger partial charge is 0.492 e. The molecule has 1 aromatic heterocycles. The van der Waals surface area contributed by atoms with Crippen LogP contribution in [0.15, 0.2) is 18.5 Å². The molecule has 2 saturated carbocycles. The van der Waals surface area contributed by atoms with Gasteiger partial charge in [0.05, 0.1) is 49.9 Å². The lowest BCUT2D eigenvalue weighted by Gasteiger charge is -2.34. The quantitative estimate of drug-likeness (QED) is 0.648. The van der Waals surface area contributed by atoms with E-state index >= 15 is 0 Å². The van der Waals surface area contributed by atoms with E-state index in [4.69, 9.17) is 14.2 Å². The van der Waals surface area contributed by atoms with Gasteiger partial charge in [-0.05, 0) is 38.0 Å². The van der Waals surface area contributed by atoms with Gasteiger partial charge >= 0.3 is 5.97 Å². The number of anilines is 1. The SMILES string of the molecule is CCOC(=O)C1CC1C1CN(c2cncc(OC[C@H]3CC[C@H](C)CC3)c2)CCO1. The number of carbonyl (C=O) groups excluding carboxylic acids is 1. The highest BCUT2D eigenvalue weighted by molar-refractivity contribution is 5.75. The lowest BCUT2D eigenvalue weighted by Crippen LogP contribution is -2.44. The van der Waals surface area contributed by atoms with Crippen molar-refractivity contribution in [2.75, 3.05) is 37.8 Å². The van der Waals surface area contributed by atoms with Crippen LogP contribution in [0.3, 0.4) is 0 Å². The maximum Gasteiger partial charge on any atom is 0.309 e. The summed E-state index contributed by atoms with van der Waals surface area (Å²) < 4.78 is 17.2. The summed E-state index contributed by atoms with van der Waals surface area (Å²) >= 11 is 0. The standard InChI is InChI=1S/C23H34N2O4/c1-3-27-23(26)21-11-20(21)22-14-25(8-9-28-22)18-10-19(13-24-12-18)29-15-17-6-4-16(2)5-7-17/h10,12-13,16-17,20-22H,3-9,11,14-15H2,1-2H3/t16-,17-,20?,21?,22?. The Morgan fingerprint density at radius 2 is 2.10 bits per heavy atom. The van der Waals surface area contributed by atoms with Crippen molar-refractivity contribution in [1.29, 1.82) is 0 Å². The summed E-state index contributed by atoms with van der Waals surface area (Å²) in [7, 11) is 0. The Hall–Kier alpha value is -1.82. The van der Waals surface area contributed by atoms with Gasteiger partial charge in [0.25, 0.3) is 0 Å². The van der Waals surface area contributed by atoms with Gasteiger partial charge in [0, 0.05) is 25.1 Å². The number of hydrogen-bond acceptors (Lipinski definition) is 6. The lowest BCUT2D eigenvalue weighted by molar-refractivity contribution is -0.145. The van der Waals surface area contributed by atoms with Crippen LogP contribution >= 0.6 is 0 Å². The number of carbonyl (C=O) groups is 1. The minimum absolute atomic E-state index is 0.00547. The van der Waals surface area contributed by atoms with Crippen molar-refractivity contribution in [2.45, 2.75) is 52.1 Å². The first-order valence-electron chi connectivity index (χ1n) is 11.2. The highest BCUT2D eigenvalue weighted by Crippen LogP contribution is 2.44. The number of ether oxygens (including phenoxy) is 3. The predicted molar refractivity (Wildman–Crippen MR) is 111 cm³/mol. The average Bonchev–Trinajstić information content (AvgIpc) is 3.55. The topological polar surface area (TPSA) is 60.9 Å². The Labute approximate surface area is 173 Å². The molecule has 3 unspecified atom stereocenters. The van der Waals surface area contributed by atoms with Gasteiger partial charge in [-0.2, -0.15) is 0 Å². The first-order chi connectivity index (χ1) is 14.1. The fraction of sp³-hybridized carbons (Fsp3) is 0.739. The Balaban J connectivity index is 1.30. The van der Waals surface area contributed by atoms with Crippen LogP contribution in [0.5, 0.6) is 5.75 Å². The second-order valence-electron chi connectivity index (χ2n) is 8.93. The fourth-order valence-corrected chi connectivity index (χ4v) is 4.68. The van der Waals surface area contributed by atoms with E-state index in [0.717, 1.165) is 43.5 Å². The summed E-state index contributed by atoms with van der Waals surface area (Å²) in [4.78, 5) is 18.7. The molecule has 0 N–H and O–H groups in total. The number of esters is 1. The van der Waals surface area contributed by atoms with Crippen LogP contribution in [0, 0.1) is 23.7 Å². The number of hydrogen-bond donors (Lipinski definition) is 0. The second-order valence-corrected chi connectivity index (χ2v) is 8.93. The molecule has 3 atom stereocenters. The van der Waals surface area contributed by atoms with E-state index in [-0.39, 0.29) is 23.9 Å². The van der Waals surface area contributed by atoms with Crippen molar-refractivity contribution >= 4 is 11.7 Å². The molecule has 6 heteroatoms. The first-order valence-corrected chi connectivity index (χ1v) is 11.2. The van der Waals surface area contributed by atoms with E-state index in [9.17, 15) is 4.79 Å². The van der Waals surface area contributed by atoms with Crippen LogP contribution in [0.25, 0.3) is 0 Å². The molecule has 6 nitrogen and oxygen atoms in total. The zero-order chi connectivity index (χ0) is 20.2. The smallest absolute Gasteiger partial charge is 0.309 e. The number of nitrogens with zero attached hydrogens (tertiary/aromatic N) is 2. The third-order valence-corrected chi connectivity index (χ3v) is 6.69. The molecular formula is C23H34N2O4. The van der Waals surface area contributed by atoms with Crippen molar-refractivity contribution in [2.24, 2.45) is 23.7 Å². The van der Waals surface area contributed by atoms with Crippen LogP contribution in [0.1, 0.15) is 46.0 Å². The number of pyridine rings is 1. The molecule has 29 heavy (non-hydrogen) atoms. The van der Waals surface area contributed by atoms with Crippen LogP contribution in [0.4, 0.5) is 5.69 Å². The summed E-state index contributed by atoms with van der Waals surface area (Å²) in [6.45, 7) is 7.71. The van der Waals surface area contributed by atoms with Gasteiger partial charge in [-0.15, -0.1) is 0 Å². The molecule has 0 amide bonds. The highest BCUT2D eigenvalue weighted by atomic mass is 16.5. The molecule has 1 aliphatic heterocycles. The Bertz CT molecular complexity index is 689. The Kier molecular flexibility index (Phi) is 6.58. The zero-order valence-corrected chi connectivity index (χ0v) is 17.7. The minimum atomic E-state index is -0.0765. The third-order valence-electron chi connectivity index (χ3n) is 6.69. The monoisotopic (exact) mass is 402 g/mol. The molecule has 0 spiro atoms. The summed E-state index contributed by atoms with van der Waals surface area (Å²) in [5.41, 5.74) is 1.07. The second kappa shape index (κ2) is 9.33.